The molecule has 0 fully saturated rings. The fraction of sp³-hybridized carbons (Fsp3) is 0.143. The molecule has 0 aromatic heterocycles. The summed E-state index contributed by atoms with van der Waals surface area (Å²) in [6, 6.07) is 13.9. The third kappa shape index (κ3) is 4.45. The minimum atomic E-state index is 0.257. The van der Waals surface area contributed by atoms with Crippen LogP contribution in [0, 0.1) is 0 Å². The van der Waals surface area contributed by atoms with Gasteiger partial charge in [0, 0.05) is 13.1 Å². The molecule has 2 rings (SSSR count). The van der Waals surface area contributed by atoms with Gasteiger partial charge < -0.3 is 21.7 Å². The molecule has 6 N–H and O–H groups in total. The predicted molar refractivity (Wildman–Crippen MR) is 73.3 cm³/mol. The lowest BCUT2D eigenvalue weighted by atomic mass is 10.1. The molecular weight excluding hydrogens is 228 g/mol. The zero-order chi connectivity index (χ0) is 13.4. The van der Waals surface area contributed by atoms with Crippen LogP contribution in [0.2, 0.25) is 0 Å². The van der Waals surface area contributed by atoms with Gasteiger partial charge in [0.2, 0.25) is 0 Å². The van der Waals surface area contributed by atoms with Crippen molar-refractivity contribution in [2.75, 3.05) is 13.1 Å². The lowest BCUT2D eigenvalue weighted by Gasteiger charge is -2.01. The first-order chi connectivity index (χ1) is 8.67. The Labute approximate surface area is 106 Å². The molecule has 0 saturated heterocycles. The number of benzene rings is 2. The Hall–Kier alpha value is -2.04. The first kappa shape index (κ1) is 14.0. The fourth-order valence-corrected chi connectivity index (χ4v) is 1.31. The van der Waals surface area contributed by atoms with Gasteiger partial charge in [0.25, 0.3) is 0 Å². The third-order valence-corrected chi connectivity index (χ3v) is 2.23. The molecule has 0 aliphatic rings. The summed E-state index contributed by atoms with van der Waals surface area (Å²) in [6.45, 7) is 1.19. The van der Waals surface area contributed by atoms with E-state index in [0.717, 1.165) is 11.1 Å². The summed E-state index contributed by atoms with van der Waals surface area (Å²) in [6.07, 6.45) is 0. The lowest BCUT2D eigenvalue weighted by molar-refractivity contribution is 0.474. The van der Waals surface area contributed by atoms with Crippen molar-refractivity contribution in [1.29, 1.82) is 0 Å². The highest BCUT2D eigenvalue weighted by molar-refractivity contribution is 5.64. The van der Waals surface area contributed by atoms with Crippen LogP contribution >= 0.6 is 0 Å². The van der Waals surface area contributed by atoms with Gasteiger partial charge in [0.1, 0.15) is 11.5 Å². The van der Waals surface area contributed by atoms with Crippen LogP contribution in [0.3, 0.4) is 0 Å². The summed E-state index contributed by atoms with van der Waals surface area (Å²) in [7, 11) is 0. The summed E-state index contributed by atoms with van der Waals surface area (Å²) >= 11 is 0. The molecular formula is C14H18N2O2. The molecule has 2 aromatic carbocycles. The second-order valence-corrected chi connectivity index (χ2v) is 3.67. The molecule has 0 bridgehead atoms. The van der Waals surface area contributed by atoms with Crippen molar-refractivity contribution in [3.8, 4) is 22.6 Å². The average Bonchev–Trinajstić information content (AvgIpc) is 2.41. The van der Waals surface area contributed by atoms with Crippen LogP contribution < -0.4 is 11.5 Å². The number of hydrogen-bond acceptors (Lipinski definition) is 4. The van der Waals surface area contributed by atoms with Crippen molar-refractivity contribution in [2.45, 2.75) is 0 Å². The summed E-state index contributed by atoms with van der Waals surface area (Å²) in [5.74, 6) is 0.514. The summed E-state index contributed by atoms with van der Waals surface area (Å²) in [4.78, 5) is 0. The zero-order valence-corrected chi connectivity index (χ0v) is 10.1. The fourth-order valence-electron chi connectivity index (χ4n) is 1.31. The van der Waals surface area contributed by atoms with Crippen molar-refractivity contribution in [3.05, 3.63) is 48.5 Å². The smallest absolute Gasteiger partial charge is 0.115 e. The van der Waals surface area contributed by atoms with E-state index >= 15 is 0 Å². The highest BCUT2D eigenvalue weighted by Crippen LogP contribution is 2.23. The van der Waals surface area contributed by atoms with Crippen molar-refractivity contribution < 1.29 is 10.2 Å². The Morgan fingerprint density at radius 2 is 0.889 bits per heavy atom. The Balaban J connectivity index is 0.000000357. The van der Waals surface area contributed by atoms with Crippen LogP contribution in [0.1, 0.15) is 0 Å². The maximum absolute atomic E-state index is 9.11. The highest BCUT2D eigenvalue weighted by Gasteiger charge is 1.96. The van der Waals surface area contributed by atoms with Gasteiger partial charge in [-0.2, -0.15) is 0 Å². The lowest BCUT2D eigenvalue weighted by Crippen LogP contribution is -2.11. The molecule has 0 heterocycles. The molecule has 0 atom stereocenters. The van der Waals surface area contributed by atoms with Crippen LogP contribution in [0.25, 0.3) is 11.1 Å². The van der Waals surface area contributed by atoms with E-state index in [-0.39, 0.29) is 11.5 Å². The number of phenolic OH excluding ortho intramolecular Hbond substituents is 2. The van der Waals surface area contributed by atoms with E-state index in [2.05, 4.69) is 0 Å². The van der Waals surface area contributed by atoms with Crippen molar-refractivity contribution in [1.82, 2.24) is 0 Å². The van der Waals surface area contributed by atoms with Gasteiger partial charge >= 0.3 is 0 Å². The Bertz CT molecular complexity index is 407. The monoisotopic (exact) mass is 246 g/mol. The Morgan fingerprint density at radius 3 is 1.11 bits per heavy atom. The normalized spacial score (nSPS) is 9.44. The predicted octanol–water partition coefficient (Wildman–Crippen LogP) is 1.67. The van der Waals surface area contributed by atoms with E-state index in [1.165, 1.54) is 0 Å². The van der Waals surface area contributed by atoms with Crippen LogP contribution in [-0.2, 0) is 0 Å². The van der Waals surface area contributed by atoms with Gasteiger partial charge in [0.15, 0.2) is 0 Å². The molecule has 2 aromatic rings. The summed E-state index contributed by atoms with van der Waals surface area (Å²) < 4.78 is 0. The Kier molecular flexibility index (Phi) is 5.70. The van der Waals surface area contributed by atoms with Gasteiger partial charge in [-0.15, -0.1) is 0 Å². The van der Waals surface area contributed by atoms with Gasteiger partial charge in [-0.25, -0.2) is 0 Å². The molecule has 0 amide bonds. The van der Waals surface area contributed by atoms with Crippen LogP contribution in [0.4, 0.5) is 0 Å². The van der Waals surface area contributed by atoms with Gasteiger partial charge in [-0.3, -0.25) is 0 Å². The molecule has 0 radical (unpaired) electrons. The zero-order valence-electron chi connectivity index (χ0n) is 10.1. The topological polar surface area (TPSA) is 92.5 Å². The van der Waals surface area contributed by atoms with Gasteiger partial charge in [-0.05, 0) is 35.4 Å². The molecule has 0 aliphatic carbocycles. The second-order valence-electron chi connectivity index (χ2n) is 3.67. The standard InChI is InChI=1S/C12H10O2.C2H8N2/c13-11-5-1-9(2-6-11)10-3-7-12(14)8-4-10;3-1-2-4/h1-8,13-14H;1-4H2. The van der Waals surface area contributed by atoms with E-state index in [1.54, 1.807) is 24.3 Å². The largest absolute Gasteiger partial charge is 0.508 e. The number of phenols is 2. The minimum absolute atomic E-state index is 0.257. The first-order valence-electron chi connectivity index (χ1n) is 5.66. The van der Waals surface area contributed by atoms with Gasteiger partial charge in [-0.1, -0.05) is 24.3 Å². The molecule has 0 spiro atoms. The molecule has 0 aliphatic heterocycles. The third-order valence-electron chi connectivity index (χ3n) is 2.23. The Morgan fingerprint density at radius 1 is 0.611 bits per heavy atom. The van der Waals surface area contributed by atoms with Crippen molar-refractivity contribution in [2.24, 2.45) is 11.5 Å². The average molecular weight is 246 g/mol. The molecule has 4 nitrogen and oxygen atoms in total. The van der Waals surface area contributed by atoms with E-state index < -0.39 is 0 Å². The SMILES string of the molecule is NCCN.Oc1ccc(-c2ccc(O)cc2)cc1. The molecule has 96 valence electrons. The second kappa shape index (κ2) is 7.32. The van der Waals surface area contributed by atoms with E-state index in [0.29, 0.717) is 13.1 Å². The minimum Gasteiger partial charge on any atom is -0.508 e. The number of hydrogen-bond donors (Lipinski definition) is 4. The van der Waals surface area contributed by atoms with Gasteiger partial charge in [0.05, 0.1) is 0 Å². The number of aromatic hydroxyl groups is 2. The molecule has 0 saturated carbocycles. The van der Waals surface area contributed by atoms with Crippen molar-refractivity contribution >= 4 is 0 Å². The van der Waals surface area contributed by atoms with Crippen molar-refractivity contribution in [3.63, 3.8) is 0 Å². The summed E-state index contributed by atoms with van der Waals surface area (Å²) in [5.41, 5.74) is 11.8. The first-order valence-corrected chi connectivity index (χ1v) is 5.66. The van der Waals surface area contributed by atoms with E-state index in [9.17, 15) is 0 Å². The van der Waals surface area contributed by atoms with E-state index in [1.807, 2.05) is 24.3 Å². The van der Waals surface area contributed by atoms with E-state index in [4.69, 9.17) is 21.7 Å². The maximum Gasteiger partial charge on any atom is 0.115 e. The van der Waals surface area contributed by atoms with Crippen LogP contribution in [-0.4, -0.2) is 23.3 Å². The highest BCUT2D eigenvalue weighted by atomic mass is 16.3. The van der Waals surface area contributed by atoms with Crippen LogP contribution in [0.5, 0.6) is 11.5 Å². The molecule has 4 heteroatoms. The maximum atomic E-state index is 9.11. The summed E-state index contributed by atoms with van der Waals surface area (Å²) in [5, 5.41) is 18.2. The number of rotatable bonds is 2. The number of nitrogens with two attached hydrogens (primary N) is 2. The van der Waals surface area contributed by atoms with Crippen LogP contribution in [0.15, 0.2) is 48.5 Å². The quantitative estimate of drug-likeness (QED) is 0.648. The molecule has 0 unspecified atom stereocenters. The molecule has 18 heavy (non-hydrogen) atoms.